The second-order valence-electron chi connectivity index (χ2n) is 11.8. The molecule has 0 aromatic carbocycles. The van der Waals surface area contributed by atoms with E-state index in [1.165, 1.54) is 24.5 Å². The third-order valence-electron chi connectivity index (χ3n) is 8.00. The zero-order chi connectivity index (χ0) is 31.5. The summed E-state index contributed by atoms with van der Waals surface area (Å²) < 4.78 is 28.4. The Morgan fingerprint density at radius 3 is 2.66 bits per heavy atom. The van der Waals surface area contributed by atoms with Crippen molar-refractivity contribution in [1.82, 2.24) is 0 Å². The highest BCUT2D eigenvalue weighted by atomic mass is 16.7. The predicted molar refractivity (Wildman–Crippen MR) is 166 cm³/mol. The minimum absolute atomic E-state index is 0.185. The van der Waals surface area contributed by atoms with Crippen molar-refractivity contribution < 1.29 is 38.1 Å². The first-order chi connectivity index (χ1) is 21.2. The molecule has 0 aromatic rings. The number of carbonyl (C=O) groups is 3. The highest BCUT2D eigenvalue weighted by Gasteiger charge is 2.58. The number of rotatable bonds is 12. The minimum atomic E-state index is -0.983. The van der Waals surface area contributed by atoms with Gasteiger partial charge in [0.2, 0.25) is 0 Å². The summed E-state index contributed by atoms with van der Waals surface area (Å²) in [6.45, 7) is 6.55. The number of nitrogens with zero attached hydrogens (tertiary/aromatic N) is 1. The van der Waals surface area contributed by atoms with E-state index in [9.17, 15) is 14.4 Å². The lowest BCUT2D eigenvalue weighted by Gasteiger charge is -2.24. The van der Waals surface area contributed by atoms with Gasteiger partial charge in [-0.15, -0.1) is 0 Å². The average Bonchev–Trinajstić information content (AvgIpc) is 3.89. The lowest BCUT2D eigenvalue weighted by atomic mass is 9.99. The first-order valence-electron chi connectivity index (χ1n) is 15.8. The Kier molecular flexibility index (Phi) is 12.6. The molecule has 0 aliphatic carbocycles. The van der Waals surface area contributed by atoms with Gasteiger partial charge in [-0.2, -0.15) is 0 Å². The van der Waals surface area contributed by atoms with Crippen LogP contribution in [-0.4, -0.2) is 67.0 Å². The maximum absolute atomic E-state index is 12.9. The number of unbranched alkanes of at least 4 members (excludes halogenated alkanes) is 4. The van der Waals surface area contributed by atoms with E-state index >= 15 is 0 Å². The number of carbonyl (C=O) groups excluding carboxylic acids is 3. The molecule has 10 nitrogen and oxygen atoms in total. The Hall–Kier alpha value is -3.50. The number of esters is 2. The van der Waals surface area contributed by atoms with Crippen LogP contribution in [0.3, 0.4) is 0 Å². The normalized spacial score (nSPS) is 31.2. The largest absolute Gasteiger partial charge is 0.465 e. The van der Waals surface area contributed by atoms with Gasteiger partial charge in [0, 0.05) is 24.6 Å². The van der Waals surface area contributed by atoms with Gasteiger partial charge in [-0.25, -0.2) is 9.59 Å². The molecule has 44 heavy (non-hydrogen) atoms. The second-order valence-corrected chi connectivity index (χ2v) is 11.8. The van der Waals surface area contributed by atoms with E-state index in [4.69, 9.17) is 34.4 Å². The van der Waals surface area contributed by atoms with E-state index in [0.717, 1.165) is 49.1 Å². The van der Waals surface area contributed by atoms with E-state index in [1.807, 2.05) is 25.2 Å². The fourth-order valence-electron chi connectivity index (χ4n) is 5.52. The number of fused-ring (bicyclic) bond motifs is 2. The number of aliphatic imine (C=N–C) groups is 1. The third kappa shape index (κ3) is 10.6. The average molecular weight is 611 g/mol. The van der Waals surface area contributed by atoms with Gasteiger partial charge in [-0.05, 0) is 57.3 Å². The van der Waals surface area contributed by atoms with Gasteiger partial charge >= 0.3 is 18.0 Å². The Morgan fingerprint density at radius 2 is 1.86 bits per heavy atom. The molecule has 1 amide bonds. The Labute approximate surface area is 260 Å². The van der Waals surface area contributed by atoms with Crippen LogP contribution in [0.2, 0.25) is 0 Å². The molecule has 4 rings (SSSR count). The van der Waals surface area contributed by atoms with E-state index in [1.54, 1.807) is 12.2 Å². The standard InChI is InChI=1S/C34H46N2O8/c1-4-5-6-7-8-15-28(37)40-19-12-11-14-26-30(41-26)32-33(44-34(35)39)31-27(42-31)18-17-22(2)20-24-21-23(3)25(36-24)13-9-10-16-29(38)43-32/h9-11,13-14,16,20,26-27,30-33H,4-8,12,15,17-19,21H2,1-3H3,(H2,35,39)/b13-9+,14-11+,16-10-,22-20-. The Bertz CT molecular complexity index is 1230. The van der Waals surface area contributed by atoms with Crippen molar-refractivity contribution in [3.05, 3.63) is 59.4 Å². The van der Waals surface area contributed by atoms with Gasteiger partial charge in [0.15, 0.2) is 12.2 Å². The van der Waals surface area contributed by atoms with Gasteiger partial charge in [-0.1, -0.05) is 62.5 Å². The fraction of sp³-hybridized carbons (Fsp3) is 0.588. The fourth-order valence-corrected chi connectivity index (χ4v) is 5.52. The van der Waals surface area contributed by atoms with Crippen molar-refractivity contribution in [2.75, 3.05) is 6.61 Å². The molecule has 4 aliphatic heterocycles. The maximum Gasteiger partial charge on any atom is 0.405 e. The summed E-state index contributed by atoms with van der Waals surface area (Å²) in [6, 6.07) is 0. The second kappa shape index (κ2) is 16.5. The molecule has 2 saturated heterocycles. The highest BCUT2D eigenvalue weighted by Crippen LogP contribution is 2.39. The van der Waals surface area contributed by atoms with E-state index < -0.39 is 36.5 Å². The first-order valence-corrected chi connectivity index (χ1v) is 15.8. The number of cyclic esters (lactones) is 1. The van der Waals surface area contributed by atoms with Crippen LogP contribution in [0.4, 0.5) is 4.79 Å². The van der Waals surface area contributed by atoms with Crippen molar-refractivity contribution in [2.24, 2.45) is 10.7 Å². The molecule has 2 fully saturated rings. The van der Waals surface area contributed by atoms with Crippen LogP contribution in [0, 0.1) is 0 Å². The number of amides is 1. The zero-order valence-corrected chi connectivity index (χ0v) is 26.1. The van der Waals surface area contributed by atoms with Crippen LogP contribution in [0.5, 0.6) is 0 Å². The van der Waals surface area contributed by atoms with Crippen molar-refractivity contribution in [3.8, 4) is 0 Å². The molecule has 2 N–H and O–H groups in total. The maximum atomic E-state index is 12.9. The summed E-state index contributed by atoms with van der Waals surface area (Å²) in [5.41, 5.74) is 9.63. The molecular weight excluding hydrogens is 564 g/mol. The summed E-state index contributed by atoms with van der Waals surface area (Å²) in [7, 11) is 0. The molecule has 240 valence electrons. The summed E-state index contributed by atoms with van der Waals surface area (Å²) in [4.78, 5) is 41.4. The molecule has 6 unspecified atom stereocenters. The monoisotopic (exact) mass is 610 g/mol. The predicted octanol–water partition coefficient (Wildman–Crippen LogP) is 5.72. The minimum Gasteiger partial charge on any atom is -0.465 e. The van der Waals surface area contributed by atoms with Gasteiger partial charge < -0.3 is 29.4 Å². The van der Waals surface area contributed by atoms with Crippen LogP contribution in [0.1, 0.15) is 85.0 Å². The molecule has 0 saturated carbocycles. The molecule has 10 heteroatoms. The number of ether oxygens (including phenoxy) is 5. The Morgan fingerprint density at radius 1 is 1.07 bits per heavy atom. The molecule has 0 aromatic heterocycles. The lowest BCUT2D eigenvalue weighted by Crippen LogP contribution is -2.44. The van der Waals surface area contributed by atoms with E-state index in [-0.39, 0.29) is 24.8 Å². The number of hydrogen-bond donors (Lipinski definition) is 1. The van der Waals surface area contributed by atoms with Crippen LogP contribution < -0.4 is 5.73 Å². The van der Waals surface area contributed by atoms with Gasteiger partial charge in [0.1, 0.15) is 18.3 Å². The van der Waals surface area contributed by atoms with Crippen molar-refractivity contribution in [2.45, 2.75) is 122 Å². The molecular formula is C34H46N2O8. The van der Waals surface area contributed by atoms with Crippen molar-refractivity contribution in [1.29, 1.82) is 0 Å². The number of hydrogen-bond acceptors (Lipinski definition) is 9. The molecule has 0 radical (unpaired) electrons. The molecule has 4 aliphatic rings. The quantitative estimate of drug-likeness (QED) is 0.0972. The van der Waals surface area contributed by atoms with Crippen LogP contribution in [0.25, 0.3) is 0 Å². The first kappa shape index (κ1) is 33.4. The SMILES string of the molecule is CCCCCCCC(=O)OCC/C=C/C1OC1C1OC(=O)/C=C\C=C\C2=C(C)CC(=N2)/C=C(/C)CCC2OC2C1OC(N)=O. The Balaban J connectivity index is 1.37. The summed E-state index contributed by atoms with van der Waals surface area (Å²) >= 11 is 0. The van der Waals surface area contributed by atoms with Gasteiger partial charge in [-0.3, -0.25) is 9.79 Å². The van der Waals surface area contributed by atoms with Crippen LogP contribution >= 0.6 is 0 Å². The summed E-state index contributed by atoms with van der Waals surface area (Å²) in [6.07, 6.45) is 16.5. The smallest absolute Gasteiger partial charge is 0.405 e. The topological polar surface area (TPSA) is 142 Å². The van der Waals surface area contributed by atoms with Crippen molar-refractivity contribution in [3.63, 3.8) is 0 Å². The third-order valence-corrected chi connectivity index (χ3v) is 8.00. The van der Waals surface area contributed by atoms with Crippen molar-refractivity contribution >= 4 is 23.7 Å². The van der Waals surface area contributed by atoms with E-state index in [0.29, 0.717) is 19.3 Å². The molecule has 0 spiro atoms. The highest BCUT2D eigenvalue weighted by molar-refractivity contribution is 6.00. The molecule has 4 heterocycles. The van der Waals surface area contributed by atoms with Gasteiger partial charge in [0.05, 0.1) is 18.4 Å². The van der Waals surface area contributed by atoms with Crippen LogP contribution in [-0.2, 0) is 33.3 Å². The number of epoxide rings is 2. The van der Waals surface area contributed by atoms with Crippen LogP contribution in [0.15, 0.2) is 64.4 Å². The number of nitrogens with two attached hydrogens (primary N) is 1. The summed E-state index contributed by atoms with van der Waals surface area (Å²) in [5.74, 6) is -0.798. The molecule has 2 bridgehead atoms. The molecule has 6 atom stereocenters. The zero-order valence-electron chi connectivity index (χ0n) is 26.1. The lowest BCUT2D eigenvalue weighted by molar-refractivity contribution is -0.151. The number of primary amides is 1. The van der Waals surface area contributed by atoms with Gasteiger partial charge in [0.25, 0.3) is 0 Å². The number of allylic oxidation sites excluding steroid dienone is 6. The van der Waals surface area contributed by atoms with E-state index in [2.05, 4.69) is 19.9 Å². The summed E-state index contributed by atoms with van der Waals surface area (Å²) in [5, 5.41) is 0.